The van der Waals surface area contributed by atoms with Crippen molar-refractivity contribution >= 4 is 23.4 Å². The molecular weight excluding hydrogens is 294 g/mol. The number of rotatable bonds is 7. The second-order valence-electron chi connectivity index (χ2n) is 4.07. The monoisotopic (exact) mass is 309 g/mol. The van der Waals surface area contributed by atoms with E-state index < -0.39 is 0 Å². The molecule has 1 heterocycles. The number of nitrogens with one attached hydrogen (secondary N) is 1. The van der Waals surface area contributed by atoms with Gasteiger partial charge in [-0.1, -0.05) is 29.4 Å². The summed E-state index contributed by atoms with van der Waals surface area (Å²) in [4.78, 5) is 9.24. The topological polar surface area (TPSA) is 47.0 Å². The van der Waals surface area contributed by atoms with Gasteiger partial charge in [-0.2, -0.15) is 0 Å². The Hall–Kier alpha value is -1.14. The summed E-state index contributed by atoms with van der Waals surface area (Å²) in [7, 11) is 1.69. The number of ether oxygens (including phenoxy) is 1. The molecule has 20 heavy (non-hydrogen) atoms. The van der Waals surface area contributed by atoms with Crippen LogP contribution in [0, 0.1) is 0 Å². The molecule has 106 valence electrons. The van der Waals surface area contributed by atoms with Crippen molar-refractivity contribution in [2.45, 2.75) is 16.5 Å². The quantitative estimate of drug-likeness (QED) is 0.629. The Morgan fingerprint density at radius 3 is 3.00 bits per heavy atom. The minimum atomic E-state index is 0.696. The zero-order valence-electron chi connectivity index (χ0n) is 11.2. The molecule has 0 amide bonds. The summed E-state index contributed by atoms with van der Waals surface area (Å²) >= 11 is 7.67. The van der Waals surface area contributed by atoms with E-state index in [2.05, 4.69) is 15.3 Å². The van der Waals surface area contributed by atoms with E-state index in [1.807, 2.05) is 24.3 Å². The predicted octanol–water partition coefficient (Wildman–Crippen LogP) is 3.02. The number of benzene rings is 1. The molecule has 0 atom stereocenters. The molecule has 0 aliphatic heterocycles. The van der Waals surface area contributed by atoms with Crippen LogP contribution in [-0.2, 0) is 11.3 Å². The Kier molecular flexibility index (Phi) is 6.26. The van der Waals surface area contributed by atoms with Crippen LogP contribution in [0.25, 0.3) is 0 Å². The average Bonchev–Trinajstić information content (AvgIpc) is 2.47. The SMILES string of the molecule is COCCNCc1ccc(Cl)cc1Sc1ccncn1. The van der Waals surface area contributed by atoms with E-state index in [1.165, 1.54) is 5.56 Å². The summed E-state index contributed by atoms with van der Waals surface area (Å²) in [5, 5.41) is 4.96. The molecule has 0 saturated carbocycles. The first-order valence-corrected chi connectivity index (χ1v) is 7.41. The van der Waals surface area contributed by atoms with E-state index in [9.17, 15) is 0 Å². The average molecular weight is 310 g/mol. The Morgan fingerprint density at radius 1 is 1.35 bits per heavy atom. The molecule has 4 nitrogen and oxygen atoms in total. The molecular formula is C14H16ClN3OS. The first kappa shape index (κ1) is 15.3. The zero-order chi connectivity index (χ0) is 14.2. The first-order chi connectivity index (χ1) is 9.79. The van der Waals surface area contributed by atoms with Crippen molar-refractivity contribution in [3.05, 3.63) is 47.4 Å². The van der Waals surface area contributed by atoms with Gasteiger partial charge in [0.05, 0.1) is 6.61 Å². The van der Waals surface area contributed by atoms with E-state index in [1.54, 1.807) is 31.4 Å². The van der Waals surface area contributed by atoms with Gasteiger partial charge >= 0.3 is 0 Å². The lowest BCUT2D eigenvalue weighted by Crippen LogP contribution is -2.18. The smallest absolute Gasteiger partial charge is 0.116 e. The van der Waals surface area contributed by atoms with Gasteiger partial charge in [-0.3, -0.25) is 0 Å². The Bertz CT molecular complexity index is 539. The fraction of sp³-hybridized carbons (Fsp3) is 0.286. The second kappa shape index (κ2) is 8.21. The van der Waals surface area contributed by atoms with Crippen LogP contribution in [-0.4, -0.2) is 30.2 Å². The van der Waals surface area contributed by atoms with Crippen LogP contribution in [0.2, 0.25) is 5.02 Å². The molecule has 1 aromatic carbocycles. The fourth-order valence-corrected chi connectivity index (χ4v) is 2.77. The van der Waals surface area contributed by atoms with Gasteiger partial charge in [0.15, 0.2) is 0 Å². The van der Waals surface area contributed by atoms with Crippen molar-refractivity contribution in [1.82, 2.24) is 15.3 Å². The first-order valence-electron chi connectivity index (χ1n) is 6.21. The molecule has 6 heteroatoms. The number of halogens is 1. The fourth-order valence-electron chi connectivity index (χ4n) is 1.62. The van der Waals surface area contributed by atoms with Gasteiger partial charge in [-0.15, -0.1) is 0 Å². The van der Waals surface area contributed by atoms with E-state index >= 15 is 0 Å². The van der Waals surface area contributed by atoms with Crippen molar-refractivity contribution in [2.24, 2.45) is 0 Å². The van der Waals surface area contributed by atoms with Crippen LogP contribution in [0.5, 0.6) is 0 Å². The molecule has 1 N–H and O–H groups in total. The van der Waals surface area contributed by atoms with Crippen LogP contribution >= 0.6 is 23.4 Å². The summed E-state index contributed by atoms with van der Waals surface area (Å²) < 4.78 is 5.02. The highest BCUT2D eigenvalue weighted by molar-refractivity contribution is 7.99. The van der Waals surface area contributed by atoms with Gasteiger partial charge in [0.1, 0.15) is 11.4 Å². The Labute approximate surface area is 127 Å². The van der Waals surface area contributed by atoms with Gasteiger partial charge < -0.3 is 10.1 Å². The molecule has 0 unspecified atom stereocenters. The molecule has 0 aliphatic rings. The number of aromatic nitrogens is 2. The zero-order valence-corrected chi connectivity index (χ0v) is 12.7. The van der Waals surface area contributed by atoms with Crippen molar-refractivity contribution in [1.29, 1.82) is 0 Å². The molecule has 0 spiro atoms. The molecule has 0 saturated heterocycles. The van der Waals surface area contributed by atoms with Gasteiger partial charge in [-0.25, -0.2) is 9.97 Å². The Morgan fingerprint density at radius 2 is 2.25 bits per heavy atom. The molecule has 2 rings (SSSR count). The maximum absolute atomic E-state index is 6.08. The molecule has 2 aromatic rings. The van der Waals surface area contributed by atoms with Gasteiger partial charge in [-0.05, 0) is 23.8 Å². The highest BCUT2D eigenvalue weighted by atomic mass is 35.5. The van der Waals surface area contributed by atoms with Crippen molar-refractivity contribution in [3.8, 4) is 0 Å². The highest BCUT2D eigenvalue weighted by Crippen LogP contribution is 2.31. The summed E-state index contributed by atoms with van der Waals surface area (Å²) in [6.45, 7) is 2.28. The number of hydrogen-bond acceptors (Lipinski definition) is 5. The van der Waals surface area contributed by atoms with Gasteiger partial charge in [0.25, 0.3) is 0 Å². The lowest BCUT2D eigenvalue weighted by Gasteiger charge is -2.10. The molecule has 0 bridgehead atoms. The van der Waals surface area contributed by atoms with Crippen molar-refractivity contribution < 1.29 is 4.74 Å². The minimum Gasteiger partial charge on any atom is -0.383 e. The van der Waals surface area contributed by atoms with E-state index in [0.717, 1.165) is 28.0 Å². The van der Waals surface area contributed by atoms with Crippen LogP contribution in [0.3, 0.4) is 0 Å². The molecule has 0 radical (unpaired) electrons. The number of methoxy groups -OCH3 is 1. The van der Waals surface area contributed by atoms with E-state index in [4.69, 9.17) is 16.3 Å². The van der Waals surface area contributed by atoms with Crippen LogP contribution in [0.1, 0.15) is 5.56 Å². The summed E-state index contributed by atoms with van der Waals surface area (Å²) in [5.74, 6) is 0. The third kappa shape index (κ3) is 4.76. The van der Waals surface area contributed by atoms with Gasteiger partial charge in [0, 0.05) is 36.3 Å². The minimum absolute atomic E-state index is 0.696. The predicted molar refractivity (Wildman–Crippen MR) is 81.2 cm³/mol. The Balaban J connectivity index is 2.07. The third-order valence-electron chi connectivity index (χ3n) is 2.60. The standard InChI is InChI=1S/C14H16ClN3OS/c1-19-7-6-16-9-11-2-3-12(15)8-13(11)20-14-4-5-17-10-18-14/h2-5,8,10,16H,6-7,9H2,1H3. The highest BCUT2D eigenvalue weighted by Gasteiger charge is 2.06. The summed E-state index contributed by atoms with van der Waals surface area (Å²) in [6.07, 6.45) is 3.28. The number of nitrogens with zero attached hydrogens (tertiary/aromatic N) is 2. The molecule has 0 fully saturated rings. The second-order valence-corrected chi connectivity index (χ2v) is 5.57. The maximum Gasteiger partial charge on any atom is 0.116 e. The molecule has 0 aliphatic carbocycles. The van der Waals surface area contributed by atoms with Crippen molar-refractivity contribution in [3.63, 3.8) is 0 Å². The lowest BCUT2D eigenvalue weighted by atomic mass is 10.2. The van der Waals surface area contributed by atoms with Crippen LogP contribution in [0.15, 0.2) is 46.7 Å². The van der Waals surface area contributed by atoms with Crippen LogP contribution in [0.4, 0.5) is 0 Å². The summed E-state index contributed by atoms with van der Waals surface area (Å²) in [6, 6.07) is 7.78. The largest absolute Gasteiger partial charge is 0.383 e. The van der Waals surface area contributed by atoms with E-state index in [0.29, 0.717) is 6.61 Å². The maximum atomic E-state index is 6.08. The van der Waals surface area contributed by atoms with Crippen LogP contribution < -0.4 is 5.32 Å². The summed E-state index contributed by atoms with van der Waals surface area (Å²) in [5.41, 5.74) is 1.19. The normalized spacial score (nSPS) is 10.7. The molecule has 1 aromatic heterocycles. The van der Waals surface area contributed by atoms with Crippen molar-refractivity contribution in [2.75, 3.05) is 20.3 Å². The number of hydrogen-bond donors (Lipinski definition) is 1. The lowest BCUT2D eigenvalue weighted by molar-refractivity contribution is 0.199. The van der Waals surface area contributed by atoms with Gasteiger partial charge in [0.2, 0.25) is 0 Å². The van der Waals surface area contributed by atoms with E-state index in [-0.39, 0.29) is 0 Å². The third-order valence-corrected chi connectivity index (χ3v) is 3.88.